The second kappa shape index (κ2) is 9.96. The summed E-state index contributed by atoms with van der Waals surface area (Å²) in [4.78, 5) is 18.8. The Bertz CT molecular complexity index is 752. The molecule has 1 aromatic rings. The van der Waals surface area contributed by atoms with Gasteiger partial charge in [0.15, 0.2) is 23.4 Å². The Kier molecular flexibility index (Phi) is 7.35. The average Bonchev–Trinajstić information content (AvgIpc) is 3.38. The van der Waals surface area contributed by atoms with Crippen molar-refractivity contribution in [3.63, 3.8) is 0 Å². The maximum Gasteiger partial charge on any atom is 0.246 e. The second-order valence-electron chi connectivity index (χ2n) is 7.53. The second-order valence-corrected chi connectivity index (χ2v) is 7.53. The van der Waals surface area contributed by atoms with E-state index in [0.29, 0.717) is 18.5 Å². The minimum absolute atomic E-state index is 0.250. The number of nitrogens with one attached hydrogen (secondary N) is 3. The molecule has 1 saturated carbocycles. The molecule has 0 aromatic heterocycles. The number of carbonyl (C=O) groups is 1. The predicted molar refractivity (Wildman–Crippen MR) is 106 cm³/mol. The van der Waals surface area contributed by atoms with Crippen LogP contribution in [0.1, 0.15) is 39.0 Å². The summed E-state index contributed by atoms with van der Waals surface area (Å²) in [6.07, 6.45) is 6.14. The van der Waals surface area contributed by atoms with Crippen molar-refractivity contribution in [3.05, 3.63) is 29.6 Å². The molecular formula is C20H28F3N5O. The van der Waals surface area contributed by atoms with E-state index in [4.69, 9.17) is 0 Å². The SMILES string of the molecule is CCNC(=NCC(=O)Nc1ccc(F)c(F)c1F)NC1CCN(C2CCCC2)C1. The largest absolute Gasteiger partial charge is 0.357 e. The molecule has 0 radical (unpaired) electrons. The summed E-state index contributed by atoms with van der Waals surface area (Å²) in [7, 11) is 0. The molecule has 1 heterocycles. The van der Waals surface area contributed by atoms with Crippen molar-refractivity contribution < 1.29 is 18.0 Å². The number of halogens is 3. The standard InChI is InChI=1S/C20H28F3N5O/c1-2-24-20(26-13-9-10-28(12-13)14-5-3-4-6-14)25-11-17(29)27-16-8-7-15(21)18(22)19(16)23/h7-8,13-14H,2-6,9-12H2,1H3,(H,27,29)(H2,24,25,26). The predicted octanol–water partition coefficient (Wildman–Crippen LogP) is 2.61. The quantitative estimate of drug-likeness (QED) is 0.382. The number of likely N-dealkylation sites (tertiary alicyclic amines) is 1. The van der Waals surface area contributed by atoms with Gasteiger partial charge in [0, 0.05) is 31.7 Å². The molecule has 9 heteroatoms. The molecule has 3 N–H and O–H groups in total. The van der Waals surface area contributed by atoms with E-state index in [9.17, 15) is 18.0 Å². The van der Waals surface area contributed by atoms with Crippen molar-refractivity contribution in [2.75, 3.05) is 31.5 Å². The molecule has 1 aliphatic carbocycles. The van der Waals surface area contributed by atoms with Gasteiger partial charge in [-0.3, -0.25) is 9.69 Å². The van der Waals surface area contributed by atoms with Gasteiger partial charge in [-0.05, 0) is 38.3 Å². The molecule has 2 aliphatic rings. The van der Waals surface area contributed by atoms with E-state index in [0.717, 1.165) is 31.6 Å². The number of guanidine groups is 1. The van der Waals surface area contributed by atoms with E-state index in [1.165, 1.54) is 25.7 Å². The number of rotatable bonds is 6. The van der Waals surface area contributed by atoms with Gasteiger partial charge in [0.2, 0.25) is 5.91 Å². The van der Waals surface area contributed by atoms with Crippen LogP contribution in [0.2, 0.25) is 0 Å². The van der Waals surface area contributed by atoms with Crippen molar-refractivity contribution in [2.24, 2.45) is 4.99 Å². The normalized spacial score (nSPS) is 20.8. The molecule has 1 unspecified atom stereocenters. The van der Waals surface area contributed by atoms with Crippen molar-refractivity contribution in [1.82, 2.24) is 15.5 Å². The summed E-state index contributed by atoms with van der Waals surface area (Å²) in [5.74, 6) is -4.46. The lowest BCUT2D eigenvalue weighted by Crippen LogP contribution is -2.45. The number of amides is 1. The van der Waals surface area contributed by atoms with Gasteiger partial charge < -0.3 is 16.0 Å². The Hall–Kier alpha value is -2.29. The van der Waals surface area contributed by atoms with Crippen molar-refractivity contribution in [1.29, 1.82) is 0 Å². The van der Waals surface area contributed by atoms with Gasteiger partial charge in [-0.25, -0.2) is 18.2 Å². The van der Waals surface area contributed by atoms with Crippen LogP contribution in [-0.4, -0.2) is 55.0 Å². The van der Waals surface area contributed by atoms with Crippen LogP contribution in [0.5, 0.6) is 0 Å². The summed E-state index contributed by atoms with van der Waals surface area (Å²) in [5, 5.41) is 8.67. The Morgan fingerprint density at radius 3 is 2.66 bits per heavy atom. The summed E-state index contributed by atoms with van der Waals surface area (Å²) < 4.78 is 39.9. The highest BCUT2D eigenvalue weighted by Crippen LogP contribution is 2.26. The zero-order valence-electron chi connectivity index (χ0n) is 16.6. The molecule has 0 bridgehead atoms. The highest BCUT2D eigenvalue weighted by Gasteiger charge is 2.30. The third kappa shape index (κ3) is 5.62. The molecule has 1 aliphatic heterocycles. The minimum atomic E-state index is -1.62. The van der Waals surface area contributed by atoms with E-state index in [1.54, 1.807) is 0 Å². The first-order valence-electron chi connectivity index (χ1n) is 10.2. The molecule has 1 amide bonds. The smallest absolute Gasteiger partial charge is 0.246 e. The zero-order valence-corrected chi connectivity index (χ0v) is 16.6. The lowest BCUT2D eigenvalue weighted by molar-refractivity contribution is -0.114. The molecule has 1 saturated heterocycles. The van der Waals surface area contributed by atoms with Crippen LogP contribution in [0, 0.1) is 17.5 Å². The number of nitrogens with zero attached hydrogens (tertiary/aromatic N) is 2. The first-order valence-corrected chi connectivity index (χ1v) is 10.2. The molecule has 6 nitrogen and oxygen atoms in total. The van der Waals surface area contributed by atoms with Crippen LogP contribution in [0.3, 0.4) is 0 Å². The molecule has 0 spiro atoms. The van der Waals surface area contributed by atoms with Gasteiger partial charge in [-0.1, -0.05) is 12.8 Å². The zero-order chi connectivity index (χ0) is 20.8. The highest BCUT2D eigenvalue weighted by atomic mass is 19.2. The first-order chi connectivity index (χ1) is 14.0. The van der Waals surface area contributed by atoms with E-state index >= 15 is 0 Å². The molecule has 1 atom stereocenters. The number of carbonyl (C=O) groups excluding carboxylic acids is 1. The number of aliphatic imine (C=N–C) groups is 1. The average molecular weight is 411 g/mol. The fourth-order valence-corrected chi connectivity index (χ4v) is 3.98. The van der Waals surface area contributed by atoms with Crippen LogP contribution >= 0.6 is 0 Å². The van der Waals surface area contributed by atoms with Gasteiger partial charge in [0.05, 0.1) is 5.69 Å². The van der Waals surface area contributed by atoms with E-state index in [1.807, 2.05) is 6.92 Å². The number of benzene rings is 1. The van der Waals surface area contributed by atoms with Crippen molar-refractivity contribution in [2.45, 2.75) is 51.1 Å². The Morgan fingerprint density at radius 1 is 1.17 bits per heavy atom. The van der Waals surface area contributed by atoms with Gasteiger partial charge in [-0.15, -0.1) is 0 Å². The monoisotopic (exact) mass is 411 g/mol. The molecule has 160 valence electrons. The minimum Gasteiger partial charge on any atom is -0.357 e. The molecule has 1 aromatic carbocycles. The topological polar surface area (TPSA) is 68.8 Å². The van der Waals surface area contributed by atoms with Crippen molar-refractivity contribution >= 4 is 17.6 Å². The van der Waals surface area contributed by atoms with Crippen LogP contribution in [0.4, 0.5) is 18.9 Å². The first kappa shape index (κ1) is 21.4. The molecule has 3 rings (SSSR count). The summed E-state index contributed by atoms with van der Waals surface area (Å²) in [6, 6.07) is 2.67. The highest BCUT2D eigenvalue weighted by molar-refractivity contribution is 5.94. The number of hydrogen-bond acceptors (Lipinski definition) is 3. The fourth-order valence-electron chi connectivity index (χ4n) is 3.98. The van der Waals surface area contributed by atoms with Gasteiger partial charge in [-0.2, -0.15) is 0 Å². The summed E-state index contributed by atoms with van der Waals surface area (Å²) >= 11 is 0. The Morgan fingerprint density at radius 2 is 1.93 bits per heavy atom. The van der Waals surface area contributed by atoms with Crippen LogP contribution < -0.4 is 16.0 Å². The van der Waals surface area contributed by atoms with Crippen LogP contribution in [0.25, 0.3) is 0 Å². The van der Waals surface area contributed by atoms with Gasteiger partial charge in [0.1, 0.15) is 6.54 Å². The lowest BCUT2D eigenvalue weighted by Gasteiger charge is -2.24. The Balaban J connectivity index is 1.53. The van der Waals surface area contributed by atoms with Gasteiger partial charge in [0.25, 0.3) is 0 Å². The summed E-state index contributed by atoms with van der Waals surface area (Å²) in [6.45, 7) is 4.28. The third-order valence-electron chi connectivity index (χ3n) is 5.44. The Labute approximate surface area is 168 Å². The fraction of sp³-hybridized carbons (Fsp3) is 0.600. The molecule has 2 fully saturated rings. The van der Waals surface area contributed by atoms with E-state index < -0.39 is 29.0 Å². The summed E-state index contributed by atoms with van der Waals surface area (Å²) in [5.41, 5.74) is -0.412. The van der Waals surface area contributed by atoms with Crippen LogP contribution in [0.15, 0.2) is 17.1 Å². The van der Waals surface area contributed by atoms with Crippen LogP contribution in [-0.2, 0) is 4.79 Å². The molecular weight excluding hydrogens is 383 g/mol. The van der Waals surface area contributed by atoms with Crippen molar-refractivity contribution in [3.8, 4) is 0 Å². The molecule has 29 heavy (non-hydrogen) atoms. The lowest BCUT2D eigenvalue weighted by atomic mass is 10.2. The third-order valence-corrected chi connectivity index (χ3v) is 5.44. The maximum atomic E-state index is 13.7. The van der Waals surface area contributed by atoms with Gasteiger partial charge >= 0.3 is 0 Å². The number of anilines is 1. The number of hydrogen-bond donors (Lipinski definition) is 3. The van der Waals surface area contributed by atoms with E-state index in [2.05, 4.69) is 25.8 Å². The maximum absolute atomic E-state index is 13.7. The van der Waals surface area contributed by atoms with E-state index in [-0.39, 0.29) is 12.6 Å².